The molecule has 2 aromatic rings. The molecule has 2 heterocycles. The van der Waals surface area contributed by atoms with Crippen molar-refractivity contribution < 1.29 is 13.2 Å². The lowest BCUT2D eigenvalue weighted by Crippen LogP contribution is -2.38. The van der Waals surface area contributed by atoms with E-state index in [-0.39, 0.29) is 16.8 Å². The molecule has 0 unspecified atom stereocenters. The summed E-state index contributed by atoms with van der Waals surface area (Å²) < 4.78 is 27.6. The number of hydrogen-bond donors (Lipinski definition) is 1. The fourth-order valence-electron chi connectivity index (χ4n) is 4.69. The van der Waals surface area contributed by atoms with Gasteiger partial charge in [-0.05, 0) is 55.6 Å². The van der Waals surface area contributed by atoms with Gasteiger partial charge in [-0.3, -0.25) is 9.69 Å². The van der Waals surface area contributed by atoms with Crippen LogP contribution in [0.1, 0.15) is 65.4 Å². The number of hydrogen-bond acceptors (Lipinski definition) is 6. The van der Waals surface area contributed by atoms with Gasteiger partial charge in [0, 0.05) is 36.6 Å². The molecule has 1 amide bonds. The Hall–Kier alpha value is -2.25. The first-order valence-corrected chi connectivity index (χ1v) is 13.8. The molecule has 7 nitrogen and oxygen atoms in total. The van der Waals surface area contributed by atoms with Gasteiger partial charge >= 0.3 is 0 Å². The van der Waals surface area contributed by atoms with Crippen LogP contribution in [0.5, 0.6) is 0 Å². The van der Waals surface area contributed by atoms with Crippen LogP contribution in [0.2, 0.25) is 0 Å². The van der Waals surface area contributed by atoms with Crippen LogP contribution in [0.25, 0.3) is 0 Å². The molecule has 0 bridgehead atoms. The number of rotatable bonds is 6. The second kappa shape index (κ2) is 9.94. The van der Waals surface area contributed by atoms with Crippen molar-refractivity contribution in [1.82, 2.24) is 9.21 Å². The van der Waals surface area contributed by atoms with Crippen molar-refractivity contribution in [2.24, 2.45) is 0 Å². The molecule has 1 aromatic heterocycles. The lowest BCUT2D eigenvalue weighted by atomic mass is 9.96. The quantitative estimate of drug-likeness (QED) is 0.660. The molecule has 9 heteroatoms. The van der Waals surface area contributed by atoms with Gasteiger partial charge in [0.05, 0.1) is 10.5 Å². The van der Waals surface area contributed by atoms with Crippen LogP contribution in [0, 0.1) is 11.3 Å². The number of carbonyl (C=O) groups excluding carboxylic acids is 1. The third-order valence-corrected chi connectivity index (χ3v) is 9.86. The normalized spacial score (nSPS) is 17.5. The summed E-state index contributed by atoms with van der Waals surface area (Å²) in [6.45, 7) is 4.77. The Labute approximate surface area is 200 Å². The number of sulfonamides is 1. The first-order chi connectivity index (χ1) is 15.8. The number of nitrogens with one attached hydrogen (secondary N) is 1. The molecule has 1 aromatic carbocycles. The zero-order valence-corrected chi connectivity index (χ0v) is 20.8. The molecule has 4 rings (SSSR count). The molecule has 0 saturated heterocycles. The number of anilines is 1. The number of likely N-dealkylation sites (N-methyl/N-ethyl adjacent to an activating group) is 1. The van der Waals surface area contributed by atoms with Gasteiger partial charge in [0.1, 0.15) is 11.1 Å². The fraction of sp³-hybridized carbons (Fsp3) is 0.500. The first kappa shape index (κ1) is 23.9. The van der Waals surface area contributed by atoms with E-state index in [1.807, 2.05) is 0 Å². The van der Waals surface area contributed by atoms with Crippen molar-refractivity contribution in [3.05, 3.63) is 45.8 Å². The summed E-state index contributed by atoms with van der Waals surface area (Å²) in [6.07, 6.45) is 5.84. The number of carbonyl (C=O) groups is 1. The second-order valence-corrected chi connectivity index (χ2v) is 11.8. The van der Waals surface area contributed by atoms with Crippen molar-refractivity contribution in [3.8, 4) is 6.07 Å². The van der Waals surface area contributed by atoms with Gasteiger partial charge in [-0.15, -0.1) is 11.3 Å². The van der Waals surface area contributed by atoms with E-state index in [0.29, 0.717) is 16.1 Å². The summed E-state index contributed by atoms with van der Waals surface area (Å²) in [5.74, 6) is -0.345. The van der Waals surface area contributed by atoms with E-state index < -0.39 is 10.0 Å². The Morgan fingerprint density at radius 2 is 1.94 bits per heavy atom. The second-order valence-electron chi connectivity index (χ2n) is 8.73. The SMILES string of the molecule is CCN1CCc2c(sc(NC(=O)c3ccc(S(=O)(=O)N(C)C4CCCCC4)cc3)c2C#N)C1. The number of nitriles is 1. The van der Waals surface area contributed by atoms with Gasteiger partial charge in [0.2, 0.25) is 10.0 Å². The Bertz CT molecular complexity index is 1160. The van der Waals surface area contributed by atoms with Crippen molar-refractivity contribution >= 4 is 32.3 Å². The Morgan fingerprint density at radius 1 is 1.24 bits per heavy atom. The summed E-state index contributed by atoms with van der Waals surface area (Å²) in [5.41, 5.74) is 1.95. The smallest absolute Gasteiger partial charge is 0.256 e. The van der Waals surface area contributed by atoms with Gasteiger partial charge in [-0.1, -0.05) is 26.2 Å². The molecule has 0 atom stereocenters. The molecule has 2 aliphatic rings. The summed E-state index contributed by atoms with van der Waals surface area (Å²) in [7, 11) is -1.96. The largest absolute Gasteiger partial charge is 0.312 e. The molecule has 1 aliphatic heterocycles. The minimum absolute atomic E-state index is 0.0321. The average molecular weight is 487 g/mol. The maximum Gasteiger partial charge on any atom is 0.256 e. The lowest BCUT2D eigenvalue weighted by molar-refractivity contribution is 0.102. The number of nitrogens with zero attached hydrogens (tertiary/aromatic N) is 3. The van der Waals surface area contributed by atoms with Gasteiger partial charge in [-0.25, -0.2) is 8.42 Å². The number of amides is 1. The summed E-state index contributed by atoms with van der Waals surface area (Å²) in [6, 6.07) is 8.35. The molecule has 0 spiro atoms. The van der Waals surface area contributed by atoms with Crippen LogP contribution >= 0.6 is 11.3 Å². The first-order valence-electron chi connectivity index (χ1n) is 11.5. The van der Waals surface area contributed by atoms with Crippen LogP contribution in [0.4, 0.5) is 5.00 Å². The maximum atomic E-state index is 13.0. The third kappa shape index (κ3) is 4.85. The third-order valence-electron chi connectivity index (χ3n) is 6.80. The highest BCUT2D eigenvalue weighted by atomic mass is 32.2. The monoisotopic (exact) mass is 486 g/mol. The van der Waals surface area contributed by atoms with E-state index in [1.54, 1.807) is 7.05 Å². The van der Waals surface area contributed by atoms with E-state index in [2.05, 4.69) is 23.2 Å². The highest BCUT2D eigenvalue weighted by molar-refractivity contribution is 7.89. The molecular formula is C24H30N4O3S2. The Morgan fingerprint density at radius 3 is 2.58 bits per heavy atom. The van der Waals surface area contributed by atoms with Crippen LogP contribution < -0.4 is 5.32 Å². The van der Waals surface area contributed by atoms with Crippen LogP contribution in [-0.2, 0) is 23.0 Å². The van der Waals surface area contributed by atoms with Gasteiger partial charge < -0.3 is 5.32 Å². The number of fused-ring (bicyclic) bond motifs is 1. The minimum atomic E-state index is -3.60. The summed E-state index contributed by atoms with van der Waals surface area (Å²) >= 11 is 1.46. The average Bonchev–Trinajstić information content (AvgIpc) is 3.19. The molecule has 1 fully saturated rings. The van der Waals surface area contributed by atoms with Crippen LogP contribution in [0.3, 0.4) is 0 Å². The number of thiophene rings is 1. The van der Waals surface area contributed by atoms with E-state index in [9.17, 15) is 18.5 Å². The molecule has 1 saturated carbocycles. The van der Waals surface area contributed by atoms with Gasteiger partial charge in [0.25, 0.3) is 5.91 Å². The standard InChI is InChI=1S/C24H30N4O3S2/c1-3-28-14-13-20-21(15-25)24(32-22(20)16-28)26-23(29)17-9-11-19(12-10-17)33(30,31)27(2)18-7-5-4-6-8-18/h9-12,18H,3-8,13-14,16H2,1-2H3,(H,26,29). The van der Waals surface area contributed by atoms with E-state index >= 15 is 0 Å². The summed E-state index contributed by atoms with van der Waals surface area (Å²) in [4.78, 5) is 16.5. The maximum absolute atomic E-state index is 13.0. The zero-order valence-electron chi connectivity index (χ0n) is 19.1. The zero-order chi connectivity index (χ0) is 23.6. The predicted molar refractivity (Wildman–Crippen MR) is 130 cm³/mol. The molecule has 1 aliphatic carbocycles. The Kier molecular flexibility index (Phi) is 7.19. The Balaban J connectivity index is 1.49. The van der Waals surface area contributed by atoms with Crippen LogP contribution in [-0.4, -0.2) is 49.7 Å². The van der Waals surface area contributed by atoms with Crippen molar-refractivity contribution in [3.63, 3.8) is 0 Å². The van der Waals surface area contributed by atoms with E-state index in [0.717, 1.165) is 68.6 Å². The molecule has 1 N–H and O–H groups in total. The highest BCUT2D eigenvalue weighted by Crippen LogP contribution is 2.37. The molecular weight excluding hydrogens is 456 g/mol. The molecule has 0 radical (unpaired) electrons. The molecule has 33 heavy (non-hydrogen) atoms. The van der Waals surface area contributed by atoms with E-state index in [4.69, 9.17) is 0 Å². The van der Waals surface area contributed by atoms with Crippen molar-refractivity contribution in [1.29, 1.82) is 5.26 Å². The predicted octanol–water partition coefficient (Wildman–Crippen LogP) is 4.20. The highest BCUT2D eigenvalue weighted by Gasteiger charge is 2.29. The minimum Gasteiger partial charge on any atom is -0.312 e. The molecule has 176 valence electrons. The van der Waals surface area contributed by atoms with Crippen LogP contribution in [0.15, 0.2) is 29.2 Å². The van der Waals surface area contributed by atoms with Crippen molar-refractivity contribution in [2.45, 2.75) is 62.9 Å². The number of benzene rings is 1. The van der Waals surface area contributed by atoms with Gasteiger partial charge in [-0.2, -0.15) is 9.57 Å². The topological polar surface area (TPSA) is 93.5 Å². The van der Waals surface area contributed by atoms with Crippen molar-refractivity contribution in [2.75, 3.05) is 25.5 Å². The fourth-order valence-corrected chi connectivity index (χ4v) is 7.34. The summed E-state index contributed by atoms with van der Waals surface area (Å²) in [5, 5.41) is 13.1. The van der Waals surface area contributed by atoms with E-state index in [1.165, 1.54) is 39.9 Å². The lowest BCUT2D eigenvalue weighted by Gasteiger charge is -2.30. The van der Waals surface area contributed by atoms with Gasteiger partial charge in [0.15, 0.2) is 0 Å².